The van der Waals surface area contributed by atoms with E-state index in [2.05, 4.69) is 12.1 Å². The fourth-order valence-electron chi connectivity index (χ4n) is 6.78. The van der Waals surface area contributed by atoms with Crippen LogP contribution in [-0.4, -0.2) is 89.7 Å². The van der Waals surface area contributed by atoms with Gasteiger partial charge in [-0.25, -0.2) is 9.18 Å². The van der Waals surface area contributed by atoms with Gasteiger partial charge in [-0.2, -0.15) is 10.5 Å². The Morgan fingerprint density at radius 2 is 1.26 bits per heavy atom. The fourth-order valence-corrected chi connectivity index (χ4v) is 6.78. The quantitative estimate of drug-likeness (QED) is 0.306. The number of halogens is 1. The number of nitrogens with zero attached hydrogens (tertiary/aromatic N) is 5. The average molecular weight is 678 g/mol. The maximum Gasteiger partial charge on any atom is 0.410 e. The van der Waals surface area contributed by atoms with Gasteiger partial charge >= 0.3 is 6.09 Å². The maximum absolute atomic E-state index is 15.1. The molecule has 11 heteroatoms. The molecule has 50 heavy (non-hydrogen) atoms. The minimum Gasteiger partial charge on any atom is -0.444 e. The van der Waals surface area contributed by atoms with Crippen LogP contribution in [0.1, 0.15) is 69.7 Å². The molecule has 1 unspecified atom stereocenters. The smallest absolute Gasteiger partial charge is 0.410 e. The van der Waals surface area contributed by atoms with Crippen LogP contribution in [-0.2, 0) is 9.53 Å². The van der Waals surface area contributed by atoms with Crippen molar-refractivity contribution >= 4 is 23.6 Å². The fraction of sp³-hybridized carbons (Fsp3) is 0.385. The largest absolute Gasteiger partial charge is 0.444 e. The number of piperidine rings is 1. The van der Waals surface area contributed by atoms with Crippen molar-refractivity contribution in [3.05, 3.63) is 106 Å². The lowest BCUT2D eigenvalue weighted by molar-refractivity contribution is -0.134. The highest BCUT2D eigenvalue weighted by Gasteiger charge is 2.46. The molecular weight excluding hydrogens is 637 g/mol. The summed E-state index contributed by atoms with van der Waals surface area (Å²) in [6.07, 6.45) is -0.437. The first-order chi connectivity index (χ1) is 23.8. The van der Waals surface area contributed by atoms with E-state index in [9.17, 15) is 29.7 Å². The van der Waals surface area contributed by atoms with Gasteiger partial charge in [-0.05, 0) is 69.2 Å². The van der Waals surface area contributed by atoms with E-state index < -0.39 is 35.3 Å². The van der Waals surface area contributed by atoms with Gasteiger partial charge < -0.3 is 14.5 Å². The Bertz CT molecular complexity index is 1770. The Kier molecular flexibility index (Phi) is 10.8. The summed E-state index contributed by atoms with van der Waals surface area (Å²) in [4.78, 5) is 60.2. The lowest BCUT2D eigenvalue weighted by Gasteiger charge is -2.44. The summed E-state index contributed by atoms with van der Waals surface area (Å²) in [6, 6.07) is 21.2. The highest BCUT2D eigenvalue weighted by molar-refractivity contribution is 6.02. The first-order valence-corrected chi connectivity index (χ1v) is 16.6. The molecule has 0 N–H and O–H groups in total. The summed E-state index contributed by atoms with van der Waals surface area (Å²) in [7, 11) is 0. The van der Waals surface area contributed by atoms with Crippen molar-refractivity contribution in [3.63, 3.8) is 0 Å². The molecule has 3 aromatic rings. The number of hydrogen-bond acceptors (Lipinski definition) is 8. The van der Waals surface area contributed by atoms with Crippen LogP contribution < -0.4 is 0 Å². The number of piperazine rings is 1. The standard InChI is InChI=1S/C39H40FN5O5/c1-25-30(6-5-7-33(25)40)35-31(36(47)28-12-8-26(20-41)9-13-28)22-43(23-32(35)37(48)29-14-10-27(21-42)11-15-29)24-34(46)44-16-18-45(19-17-44)38(49)50-39(2,3)4/h5-15,31-32,35H,16-19,22-24H2,1-4H3/t31-,32+,35?. The van der Waals surface area contributed by atoms with E-state index in [0.717, 1.165) is 0 Å². The van der Waals surface area contributed by atoms with Crippen molar-refractivity contribution in [3.8, 4) is 12.1 Å². The molecule has 2 amide bonds. The summed E-state index contributed by atoms with van der Waals surface area (Å²) in [5.41, 5.74) is 1.67. The third-order valence-corrected chi connectivity index (χ3v) is 9.36. The Morgan fingerprint density at radius 1 is 0.780 bits per heavy atom. The van der Waals surface area contributed by atoms with Gasteiger partial charge in [0.25, 0.3) is 0 Å². The van der Waals surface area contributed by atoms with Crippen LogP contribution in [0.4, 0.5) is 9.18 Å². The molecule has 5 rings (SSSR count). The van der Waals surface area contributed by atoms with Crippen LogP contribution in [0.2, 0.25) is 0 Å². The van der Waals surface area contributed by atoms with Crippen molar-refractivity contribution in [1.29, 1.82) is 10.5 Å². The van der Waals surface area contributed by atoms with E-state index in [4.69, 9.17) is 4.74 Å². The number of amides is 2. The number of likely N-dealkylation sites (tertiary alicyclic amines) is 1. The molecule has 0 radical (unpaired) electrons. The molecule has 0 saturated carbocycles. The zero-order chi connectivity index (χ0) is 36.2. The Balaban J connectivity index is 1.47. The van der Waals surface area contributed by atoms with Crippen LogP contribution >= 0.6 is 0 Å². The topological polar surface area (TPSA) is 135 Å². The zero-order valence-corrected chi connectivity index (χ0v) is 28.7. The number of rotatable bonds is 7. The van der Waals surface area contributed by atoms with E-state index in [0.29, 0.717) is 59.6 Å². The molecule has 0 spiro atoms. The van der Waals surface area contributed by atoms with Crippen molar-refractivity contribution in [2.45, 2.75) is 39.2 Å². The summed E-state index contributed by atoms with van der Waals surface area (Å²) >= 11 is 0. The maximum atomic E-state index is 15.1. The average Bonchev–Trinajstić information content (AvgIpc) is 3.11. The van der Waals surface area contributed by atoms with Crippen molar-refractivity contribution in [2.24, 2.45) is 11.8 Å². The van der Waals surface area contributed by atoms with Crippen LogP contribution in [0, 0.1) is 47.2 Å². The molecule has 2 heterocycles. The van der Waals surface area contributed by atoms with Gasteiger partial charge in [-0.15, -0.1) is 0 Å². The van der Waals surface area contributed by atoms with Gasteiger partial charge in [0.2, 0.25) is 5.91 Å². The van der Waals surface area contributed by atoms with E-state index in [1.807, 2.05) is 4.90 Å². The Hall–Kier alpha value is -5.39. The molecule has 258 valence electrons. The molecule has 2 fully saturated rings. The molecule has 10 nitrogen and oxygen atoms in total. The summed E-state index contributed by atoms with van der Waals surface area (Å²) < 4.78 is 20.6. The third-order valence-electron chi connectivity index (χ3n) is 9.36. The molecular formula is C39H40FN5O5. The Labute approximate surface area is 291 Å². The van der Waals surface area contributed by atoms with Crippen LogP contribution in [0.3, 0.4) is 0 Å². The second-order valence-electron chi connectivity index (χ2n) is 13.8. The minimum absolute atomic E-state index is 0.0738. The van der Waals surface area contributed by atoms with Crippen molar-refractivity contribution < 1.29 is 28.3 Å². The van der Waals surface area contributed by atoms with E-state index in [1.54, 1.807) is 98.2 Å². The van der Waals surface area contributed by atoms with Gasteiger partial charge in [-0.1, -0.05) is 36.4 Å². The number of benzene rings is 3. The Morgan fingerprint density at radius 3 is 1.72 bits per heavy atom. The van der Waals surface area contributed by atoms with Gasteiger partial charge in [0.05, 0.1) is 29.8 Å². The predicted molar refractivity (Wildman–Crippen MR) is 183 cm³/mol. The summed E-state index contributed by atoms with van der Waals surface area (Å²) in [6.45, 7) is 8.41. The monoisotopic (exact) mass is 677 g/mol. The third kappa shape index (κ3) is 8.07. The molecule has 3 atom stereocenters. The number of ether oxygens (including phenoxy) is 1. The lowest BCUT2D eigenvalue weighted by atomic mass is 9.67. The number of nitriles is 2. The molecule has 2 saturated heterocycles. The first kappa shape index (κ1) is 35.9. The van der Waals surface area contributed by atoms with Gasteiger partial charge in [-0.3, -0.25) is 19.3 Å². The minimum atomic E-state index is -0.846. The second-order valence-corrected chi connectivity index (χ2v) is 13.8. The number of ketones is 2. The van der Waals surface area contributed by atoms with Gasteiger partial charge in [0.15, 0.2) is 11.6 Å². The van der Waals surface area contributed by atoms with Gasteiger partial charge in [0, 0.05) is 68.1 Å². The first-order valence-electron chi connectivity index (χ1n) is 16.6. The summed E-state index contributed by atoms with van der Waals surface area (Å²) in [5.74, 6) is -3.67. The predicted octanol–water partition coefficient (Wildman–Crippen LogP) is 5.35. The normalized spacial score (nSPS) is 19.6. The number of carbonyl (C=O) groups is 4. The molecule has 0 bridgehead atoms. The zero-order valence-electron chi connectivity index (χ0n) is 28.7. The SMILES string of the molecule is Cc1c(F)cccc1C1[C@@H](C(=O)c2ccc(C#N)cc2)CN(CC(=O)N2CCN(C(=O)OC(C)(C)C)CC2)C[C@H]1C(=O)c1ccc(C#N)cc1. The second kappa shape index (κ2) is 15.0. The molecule has 0 aromatic heterocycles. The highest BCUT2D eigenvalue weighted by atomic mass is 19.1. The molecule has 2 aliphatic rings. The summed E-state index contributed by atoms with van der Waals surface area (Å²) in [5, 5.41) is 18.6. The van der Waals surface area contributed by atoms with Crippen molar-refractivity contribution in [2.75, 3.05) is 45.8 Å². The highest BCUT2D eigenvalue weighted by Crippen LogP contribution is 2.42. The van der Waals surface area contributed by atoms with E-state index >= 15 is 4.39 Å². The molecule has 3 aromatic carbocycles. The number of hydrogen-bond donors (Lipinski definition) is 0. The molecule has 2 aliphatic heterocycles. The van der Waals surface area contributed by atoms with Crippen molar-refractivity contribution in [1.82, 2.24) is 14.7 Å². The lowest BCUT2D eigenvalue weighted by Crippen LogP contribution is -2.56. The van der Waals surface area contributed by atoms with Crippen LogP contribution in [0.5, 0.6) is 0 Å². The van der Waals surface area contributed by atoms with E-state index in [-0.39, 0.29) is 37.1 Å². The number of carbonyl (C=O) groups excluding carboxylic acids is 4. The van der Waals surface area contributed by atoms with E-state index in [1.165, 1.54) is 6.07 Å². The van der Waals surface area contributed by atoms with Crippen LogP contribution in [0.25, 0.3) is 0 Å². The van der Waals surface area contributed by atoms with Gasteiger partial charge in [0.1, 0.15) is 11.4 Å². The molecule has 0 aliphatic carbocycles. The number of Topliss-reactive ketones (excluding diaryl/α,β-unsaturated/α-hetero) is 2. The van der Waals surface area contributed by atoms with Crippen LogP contribution in [0.15, 0.2) is 66.7 Å².